The number of para-hydroxylation sites is 1. The third-order valence-corrected chi connectivity index (χ3v) is 4.30. The van der Waals surface area contributed by atoms with Gasteiger partial charge in [-0.2, -0.15) is 0 Å². The van der Waals surface area contributed by atoms with Gasteiger partial charge in [-0.15, -0.1) is 5.10 Å². The van der Waals surface area contributed by atoms with Crippen molar-refractivity contribution in [2.45, 2.75) is 20.0 Å². The maximum Gasteiger partial charge on any atom is 0.273 e. The molecule has 0 saturated carbocycles. The van der Waals surface area contributed by atoms with E-state index in [0.29, 0.717) is 56.7 Å². The van der Waals surface area contributed by atoms with Crippen LogP contribution in [0.1, 0.15) is 23.0 Å². The number of amides is 1. The van der Waals surface area contributed by atoms with Gasteiger partial charge in [0.15, 0.2) is 17.2 Å². The van der Waals surface area contributed by atoms with E-state index in [1.807, 2.05) is 18.2 Å². The molecule has 1 N–H and O–H groups in total. The lowest BCUT2D eigenvalue weighted by molar-refractivity contribution is -0.111. The van der Waals surface area contributed by atoms with Crippen LogP contribution in [0.3, 0.4) is 0 Å². The second-order valence-electron chi connectivity index (χ2n) is 6.73. The molecule has 2 aromatic rings. The number of ether oxygens (including phenoxy) is 3. The van der Waals surface area contributed by atoms with Gasteiger partial charge in [0.05, 0.1) is 26.0 Å². The van der Waals surface area contributed by atoms with Crippen LogP contribution in [0.15, 0.2) is 24.4 Å². The van der Waals surface area contributed by atoms with Crippen LogP contribution >= 0.6 is 0 Å². The van der Waals surface area contributed by atoms with Crippen LogP contribution in [-0.2, 0) is 17.8 Å². The summed E-state index contributed by atoms with van der Waals surface area (Å²) in [6.07, 6.45) is 1.67. The molecule has 1 fully saturated rings. The van der Waals surface area contributed by atoms with Crippen molar-refractivity contribution >= 4 is 5.91 Å². The molecule has 3 heterocycles. The number of nitrogens with one attached hydrogen (secondary N) is 1. The van der Waals surface area contributed by atoms with Gasteiger partial charge in [-0.1, -0.05) is 24.3 Å². The summed E-state index contributed by atoms with van der Waals surface area (Å²) in [5.41, 5.74) is 1.24. The molecule has 1 aromatic heterocycles. The fraction of sp³-hybridized carbons (Fsp3) is 0.471. The van der Waals surface area contributed by atoms with Crippen molar-refractivity contribution in [2.75, 3.05) is 26.4 Å². The van der Waals surface area contributed by atoms with Gasteiger partial charge in [-0.05, 0) is 6.07 Å². The monoisotopic (exact) mass is 344 g/mol. The van der Waals surface area contributed by atoms with Crippen molar-refractivity contribution in [2.24, 2.45) is 5.41 Å². The summed E-state index contributed by atoms with van der Waals surface area (Å²) in [6, 6.07) is 5.64. The van der Waals surface area contributed by atoms with Crippen LogP contribution in [0, 0.1) is 5.41 Å². The van der Waals surface area contributed by atoms with Crippen molar-refractivity contribution in [3.63, 3.8) is 0 Å². The molecule has 0 atom stereocenters. The van der Waals surface area contributed by atoms with Crippen molar-refractivity contribution in [3.05, 3.63) is 35.7 Å². The average molecular weight is 344 g/mol. The third kappa shape index (κ3) is 3.30. The van der Waals surface area contributed by atoms with Gasteiger partial charge in [0.25, 0.3) is 5.91 Å². The minimum Gasteiger partial charge on any atom is -0.486 e. The molecule has 4 rings (SSSR count). The molecule has 8 heteroatoms. The minimum absolute atomic E-state index is 0.0713. The molecule has 132 valence electrons. The standard InChI is InChI=1S/C17H20N4O4/c1-17(10-23-11-17)9-21-8-13(19-20-21)16(22)18-7-12-3-2-4-14-15(12)25-6-5-24-14/h2-4,8H,5-7,9-11H2,1H3,(H,18,22). The average Bonchev–Trinajstić information content (AvgIpc) is 3.06. The van der Waals surface area contributed by atoms with Gasteiger partial charge >= 0.3 is 0 Å². The molecule has 8 nitrogen and oxygen atoms in total. The lowest BCUT2D eigenvalue weighted by Gasteiger charge is -2.37. The molecular formula is C17H20N4O4. The molecule has 1 aromatic carbocycles. The molecule has 0 spiro atoms. The fourth-order valence-electron chi connectivity index (χ4n) is 2.95. The highest BCUT2D eigenvalue weighted by Gasteiger charge is 2.34. The largest absolute Gasteiger partial charge is 0.486 e. The van der Waals surface area contributed by atoms with Crippen LogP contribution in [0.4, 0.5) is 0 Å². The molecule has 0 radical (unpaired) electrons. The van der Waals surface area contributed by atoms with E-state index in [2.05, 4.69) is 22.6 Å². The molecule has 0 unspecified atom stereocenters. The zero-order chi connectivity index (χ0) is 17.3. The van der Waals surface area contributed by atoms with Crippen molar-refractivity contribution < 1.29 is 19.0 Å². The van der Waals surface area contributed by atoms with Crippen LogP contribution in [0.2, 0.25) is 0 Å². The summed E-state index contributed by atoms with van der Waals surface area (Å²) >= 11 is 0. The predicted octanol–water partition coefficient (Wildman–Crippen LogP) is 1.02. The van der Waals surface area contributed by atoms with E-state index in [1.165, 1.54) is 0 Å². The summed E-state index contributed by atoms with van der Waals surface area (Å²) in [5.74, 6) is 1.13. The van der Waals surface area contributed by atoms with E-state index >= 15 is 0 Å². The Hall–Kier alpha value is -2.61. The Kier molecular flexibility index (Phi) is 4.04. The SMILES string of the molecule is CC1(Cn2cc(C(=O)NCc3cccc4c3OCCO4)nn2)COC1. The quantitative estimate of drug-likeness (QED) is 0.871. The van der Waals surface area contributed by atoms with Crippen molar-refractivity contribution in [1.82, 2.24) is 20.3 Å². The predicted molar refractivity (Wildman–Crippen MR) is 87.6 cm³/mol. The van der Waals surface area contributed by atoms with Gasteiger partial charge in [0.1, 0.15) is 13.2 Å². The Bertz CT molecular complexity index is 785. The van der Waals surface area contributed by atoms with Crippen LogP contribution < -0.4 is 14.8 Å². The van der Waals surface area contributed by atoms with E-state index in [-0.39, 0.29) is 11.3 Å². The summed E-state index contributed by atoms with van der Waals surface area (Å²) < 4.78 is 18.1. The Labute approximate surface area is 145 Å². The second-order valence-corrected chi connectivity index (χ2v) is 6.73. The van der Waals surface area contributed by atoms with E-state index in [4.69, 9.17) is 14.2 Å². The lowest BCUT2D eigenvalue weighted by Crippen LogP contribution is -2.43. The first-order valence-corrected chi connectivity index (χ1v) is 8.27. The Balaban J connectivity index is 1.39. The Morgan fingerprint density at radius 1 is 1.32 bits per heavy atom. The van der Waals surface area contributed by atoms with E-state index in [1.54, 1.807) is 10.9 Å². The third-order valence-electron chi connectivity index (χ3n) is 4.30. The number of fused-ring (bicyclic) bond motifs is 1. The first kappa shape index (κ1) is 15.9. The molecule has 2 aliphatic heterocycles. The fourth-order valence-corrected chi connectivity index (χ4v) is 2.95. The number of carbonyl (C=O) groups is 1. The number of nitrogens with zero attached hydrogens (tertiary/aromatic N) is 3. The molecule has 0 bridgehead atoms. The summed E-state index contributed by atoms with van der Waals surface area (Å²) in [4.78, 5) is 12.3. The summed E-state index contributed by atoms with van der Waals surface area (Å²) in [6.45, 7) is 5.60. The second kappa shape index (κ2) is 6.36. The van der Waals surface area contributed by atoms with Crippen LogP contribution in [0.5, 0.6) is 11.5 Å². The van der Waals surface area contributed by atoms with Gasteiger partial charge in [-0.25, -0.2) is 0 Å². The summed E-state index contributed by atoms with van der Waals surface area (Å²) in [7, 11) is 0. The number of carbonyl (C=O) groups excluding carboxylic acids is 1. The molecule has 25 heavy (non-hydrogen) atoms. The Morgan fingerprint density at radius 2 is 2.16 bits per heavy atom. The van der Waals surface area contributed by atoms with E-state index < -0.39 is 0 Å². The van der Waals surface area contributed by atoms with Gasteiger partial charge in [-0.3, -0.25) is 9.48 Å². The highest BCUT2D eigenvalue weighted by atomic mass is 16.6. The zero-order valence-corrected chi connectivity index (χ0v) is 14.0. The smallest absolute Gasteiger partial charge is 0.273 e. The topological polar surface area (TPSA) is 87.5 Å². The van der Waals surface area contributed by atoms with Gasteiger partial charge in [0.2, 0.25) is 0 Å². The number of rotatable bonds is 5. The van der Waals surface area contributed by atoms with Crippen molar-refractivity contribution in [3.8, 4) is 11.5 Å². The summed E-state index contributed by atoms with van der Waals surface area (Å²) in [5, 5.41) is 10.9. The Morgan fingerprint density at radius 3 is 2.96 bits per heavy atom. The molecule has 1 amide bonds. The molecule has 1 saturated heterocycles. The number of hydrogen-bond donors (Lipinski definition) is 1. The van der Waals surface area contributed by atoms with Crippen LogP contribution in [0.25, 0.3) is 0 Å². The molecule has 0 aliphatic carbocycles. The number of aromatic nitrogens is 3. The van der Waals surface area contributed by atoms with Crippen molar-refractivity contribution in [1.29, 1.82) is 0 Å². The number of hydrogen-bond acceptors (Lipinski definition) is 6. The first-order valence-electron chi connectivity index (χ1n) is 8.27. The molecular weight excluding hydrogens is 324 g/mol. The highest BCUT2D eigenvalue weighted by molar-refractivity contribution is 5.91. The minimum atomic E-state index is -0.268. The van der Waals surface area contributed by atoms with Crippen LogP contribution in [-0.4, -0.2) is 47.3 Å². The maximum atomic E-state index is 12.3. The highest BCUT2D eigenvalue weighted by Crippen LogP contribution is 2.33. The number of benzene rings is 1. The molecule has 2 aliphatic rings. The maximum absolute atomic E-state index is 12.3. The van der Waals surface area contributed by atoms with Gasteiger partial charge in [0, 0.05) is 17.5 Å². The van der Waals surface area contributed by atoms with E-state index in [0.717, 1.165) is 5.56 Å². The zero-order valence-electron chi connectivity index (χ0n) is 14.0. The first-order chi connectivity index (χ1) is 12.1. The lowest BCUT2D eigenvalue weighted by atomic mass is 9.89. The van der Waals surface area contributed by atoms with Gasteiger partial charge < -0.3 is 19.5 Å². The normalized spacial score (nSPS) is 17.6. The van der Waals surface area contributed by atoms with E-state index in [9.17, 15) is 4.79 Å².